The minimum atomic E-state index is -0.117. The maximum atomic E-state index is 11.1. The van der Waals surface area contributed by atoms with Gasteiger partial charge in [0.05, 0.1) is 0 Å². The minimum absolute atomic E-state index is 0.106. The quantitative estimate of drug-likeness (QED) is 0.594. The van der Waals surface area contributed by atoms with Gasteiger partial charge >= 0.3 is 0 Å². The molecule has 2 saturated heterocycles. The lowest BCUT2D eigenvalue weighted by Crippen LogP contribution is -2.57. The van der Waals surface area contributed by atoms with E-state index in [2.05, 4.69) is 10.4 Å². The molecule has 2 unspecified atom stereocenters. The number of fused-ring (bicyclic) bond motifs is 1. The Morgan fingerprint density at radius 3 is 2.92 bits per heavy atom. The third kappa shape index (κ3) is 1.84. The first-order valence-corrected chi connectivity index (χ1v) is 5.07. The lowest BCUT2D eigenvalue weighted by atomic mass is 9.88. The summed E-state index contributed by atoms with van der Waals surface area (Å²) in [5.41, 5.74) is 8.70. The highest BCUT2D eigenvalue weighted by molar-refractivity contribution is 5.76. The number of amides is 1. The van der Waals surface area contributed by atoms with Crippen LogP contribution in [0.2, 0.25) is 0 Å². The summed E-state index contributed by atoms with van der Waals surface area (Å²) >= 11 is 0. The SMILES string of the molecule is NC(=O)C1CCCNN2CCC2C1. The van der Waals surface area contributed by atoms with Gasteiger partial charge < -0.3 is 5.73 Å². The van der Waals surface area contributed by atoms with E-state index < -0.39 is 0 Å². The molecule has 2 heterocycles. The van der Waals surface area contributed by atoms with Gasteiger partial charge in [0, 0.05) is 25.0 Å². The molecule has 0 radical (unpaired) electrons. The van der Waals surface area contributed by atoms with Gasteiger partial charge in [-0.2, -0.15) is 0 Å². The summed E-state index contributed by atoms with van der Waals surface area (Å²) in [5.74, 6) is -0.0105. The first kappa shape index (κ1) is 8.97. The van der Waals surface area contributed by atoms with E-state index in [1.807, 2.05) is 0 Å². The Balaban J connectivity index is 1.94. The van der Waals surface area contributed by atoms with Crippen molar-refractivity contribution in [3.63, 3.8) is 0 Å². The predicted octanol–water partition coefficient (Wildman–Crippen LogP) is -0.149. The lowest BCUT2D eigenvalue weighted by molar-refractivity contribution is -0.124. The van der Waals surface area contributed by atoms with Crippen LogP contribution in [-0.2, 0) is 4.79 Å². The van der Waals surface area contributed by atoms with E-state index in [-0.39, 0.29) is 11.8 Å². The van der Waals surface area contributed by atoms with Gasteiger partial charge in [0.15, 0.2) is 0 Å². The van der Waals surface area contributed by atoms with Gasteiger partial charge in [0.25, 0.3) is 0 Å². The summed E-state index contributed by atoms with van der Waals surface area (Å²) in [6.07, 6.45) is 4.16. The van der Waals surface area contributed by atoms with Crippen LogP contribution in [-0.4, -0.2) is 30.0 Å². The molecule has 2 rings (SSSR count). The molecule has 2 aliphatic rings. The summed E-state index contributed by atoms with van der Waals surface area (Å²) in [6, 6.07) is 0.554. The molecular formula is C9H17N3O. The van der Waals surface area contributed by atoms with E-state index in [0.717, 1.165) is 32.4 Å². The number of hydrogen-bond acceptors (Lipinski definition) is 3. The molecule has 3 N–H and O–H groups in total. The number of carbonyl (C=O) groups is 1. The van der Waals surface area contributed by atoms with Gasteiger partial charge in [0.2, 0.25) is 5.91 Å². The van der Waals surface area contributed by atoms with Crippen LogP contribution in [0.15, 0.2) is 0 Å². The molecule has 1 amide bonds. The van der Waals surface area contributed by atoms with Crippen LogP contribution in [0.5, 0.6) is 0 Å². The number of nitrogens with zero attached hydrogens (tertiary/aromatic N) is 1. The Morgan fingerprint density at radius 1 is 1.46 bits per heavy atom. The van der Waals surface area contributed by atoms with Crippen molar-refractivity contribution < 1.29 is 4.79 Å². The topological polar surface area (TPSA) is 58.4 Å². The Hall–Kier alpha value is -0.610. The molecule has 4 nitrogen and oxygen atoms in total. The molecular weight excluding hydrogens is 166 g/mol. The Bertz CT molecular complexity index is 207. The number of nitrogens with two attached hydrogens (primary N) is 1. The molecule has 13 heavy (non-hydrogen) atoms. The zero-order valence-electron chi connectivity index (χ0n) is 7.83. The van der Waals surface area contributed by atoms with Crippen molar-refractivity contribution in [2.24, 2.45) is 11.7 Å². The van der Waals surface area contributed by atoms with Gasteiger partial charge in [-0.05, 0) is 25.7 Å². The van der Waals surface area contributed by atoms with Crippen molar-refractivity contribution in [3.8, 4) is 0 Å². The highest BCUT2D eigenvalue weighted by atomic mass is 16.1. The van der Waals surface area contributed by atoms with Crippen LogP contribution in [0.25, 0.3) is 0 Å². The maximum Gasteiger partial charge on any atom is 0.220 e. The first-order chi connectivity index (χ1) is 6.27. The van der Waals surface area contributed by atoms with Crippen molar-refractivity contribution in [1.82, 2.24) is 10.4 Å². The number of hydrazine groups is 1. The van der Waals surface area contributed by atoms with Crippen molar-refractivity contribution >= 4 is 5.91 Å². The van der Waals surface area contributed by atoms with E-state index in [9.17, 15) is 4.79 Å². The van der Waals surface area contributed by atoms with Crippen molar-refractivity contribution in [2.75, 3.05) is 13.1 Å². The summed E-state index contributed by atoms with van der Waals surface area (Å²) in [4.78, 5) is 11.1. The van der Waals surface area contributed by atoms with Gasteiger partial charge in [-0.15, -0.1) is 0 Å². The lowest BCUT2D eigenvalue weighted by Gasteiger charge is -2.43. The average Bonchev–Trinajstić information content (AvgIpc) is 2.04. The third-order valence-corrected chi connectivity index (χ3v) is 3.15. The third-order valence-electron chi connectivity index (χ3n) is 3.15. The number of nitrogens with one attached hydrogen (secondary N) is 1. The first-order valence-electron chi connectivity index (χ1n) is 5.07. The van der Waals surface area contributed by atoms with E-state index in [1.54, 1.807) is 0 Å². The largest absolute Gasteiger partial charge is 0.369 e. The fourth-order valence-electron chi connectivity index (χ4n) is 2.17. The summed E-state index contributed by atoms with van der Waals surface area (Å²) in [7, 11) is 0. The second-order valence-corrected chi connectivity index (χ2v) is 4.02. The molecule has 2 fully saturated rings. The van der Waals surface area contributed by atoms with E-state index in [4.69, 9.17) is 5.73 Å². The predicted molar refractivity (Wildman–Crippen MR) is 49.6 cm³/mol. The second-order valence-electron chi connectivity index (χ2n) is 4.02. The summed E-state index contributed by atoms with van der Waals surface area (Å²) < 4.78 is 0. The molecule has 2 aliphatic heterocycles. The molecule has 74 valence electrons. The maximum absolute atomic E-state index is 11.1. The zero-order valence-corrected chi connectivity index (χ0v) is 7.83. The van der Waals surface area contributed by atoms with Crippen LogP contribution < -0.4 is 11.2 Å². The van der Waals surface area contributed by atoms with Gasteiger partial charge in [0.1, 0.15) is 0 Å². The number of carbonyl (C=O) groups excluding carboxylic acids is 1. The van der Waals surface area contributed by atoms with Crippen molar-refractivity contribution in [2.45, 2.75) is 31.7 Å². The number of rotatable bonds is 1. The summed E-state index contributed by atoms with van der Waals surface area (Å²) in [5, 5.41) is 2.25. The molecule has 4 heteroatoms. The fraction of sp³-hybridized carbons (Fsp3) is 0.889. The number of hydrogen-bond donors (Lipinski definition) is 2. The van der Waals surface area contributed by atoms with E-state index in [1.165, 1.54) is 6.42 Å². The summed E-state index contributed by atoms with van der Waals surface area (Å²) in [6.45, 7) is 2.11. The van der Waals surface area contributed by atoms with Crippen LogP contribution in [0.1, 0.15) is 25.7 Å². The van der Waals surface area contributed by atoms with E-state index >= 15 is 0 Å². The van der Waals surface area contributed by atoms with Crippen LogP contribution in [0, 0.1) is 5.92 Å². The molecule has 0 aromatic carbocycles. The molecule has 0 aromatic heterocycles. The molecule has 0 bridgehead atoms. The van der Waals surface area contributed by atoms with Crippen LogP contribution >= 0.6 is 0 Å². The number of primary amides is 1. The monoisotopic (exact) mass is 183 g/mol. The highest BCUT2D eigenvalue weighted by Gasteiger charge is 2.32. The van der Waals surface area contributed by atoms with Crippen molar-refractivity contribution in [3.05, 3.63) is 0 Å². The van der Waals surface area contributed by atoms with Gasteiger partial charge in [-0.1, -0.05) is 0 Å². The Morgan fingerprint density at radius 2 is 2.31 bits per heavy atom. The average molecular weight is 183 g/mol. The molecule has 2 atom stereocenters. The molecule has 0 spiro atoms. The van der Waals surface area contributed by atoms with Gasteiger partial charge in [-0.3, -0.25) is 10.2 Å². The molecule has 0 saturated carbocycles. The zero-order chi connectivity index (χ0) is 9.26. The minimum Gasteiger partial charge on any atom is -0.369 e. The van der Waals surface area contributed by atoms with Crippen molar-refractivity contribution in [1.29, 1.82) is 0 Å². The van der Waals surface area contributed by atoms with E-state index in [0.29, 0.717) is 6.04 Å². The second kappa shape index (κ2) is 3.64. The Kier molecular flexibility index (Phi) is 2.51. The van der Waals surface area contributed by atoms with Crippen LogP contribution in [0.3, 0.4) is 0 Å². The highest BCUT2D eigenvalue weighted by Crippen LogP contribution is 2.26. The van der Waals surface area contributed by atoms with Crippen LogP contribution in [0.4, 0.5) is 0 Å². The smallest absolute Gasteiger partial charge is 0.220 e. The Labute approximate surface area is 78.4 Å². The fourth-order valence-corrected chi connectivity index (χ4v) is 2.17. The molecule has 0 aromatic rings. The molecule has 0 aliphatic carbocycles. The standard InChI is InChI=1S/C9H17N3O/c10-9(13)7-2-1-4-11-12-5-3-8(12)6-7/h7-8,11H,1-6H2,(H2,10,13). The van der Waals surface area contributed by atoms with Gasteiger partial charge in [-0.25, -0.2) is 5.01 Å². The normalized spacial score (nSPS) is 35.4.